The van der Waals surface area contributed by atoms with Crippen LogP contribution in [0.2, 0.25) is 0 Å². The summed E-state index contributed by atoms with van der Waals surface area (Å²) in [5.41, 5.74) is 10.2. The molecule has 2 aromatic carbocycles. The molecule has 0 unspecified atom stereocenters. The molecule has 0 aliphatic carbocycles. The van der Waals surface area contributed by atoms with Gasteiger partial charge < -0.3 is 4.57 Å². The number of imidazole rings is 1. The highest BCUT2D eigenvalue weighted by Crippen LogP contribution is 2.21. The summed E-state index contributed by atoms with van der Waals surface area (Å²) < 4.78 is 4.27. The van der Waals surface area contributed by atoms with Gasteiger partial charge in [-0.3, -0.25) is 4.57 Å². The van der Waals surface area contributed by atoms with Crippen molar-refractivity contribution in [3.8, 4) is 11.4 Å². The molecule has 118 valence electrons. The number of nitrogens with zero attached hydrogens (tertiary/aromatic N) is 2. The first-order chi connectivity index (χ1) is 10.9. The quantitative estimate of drug-likeness (QED) is 0.490. The minimum Gasteiger partial charge on any atom is -0.362 e. The molecule has 0 amide bonds. The van der Waals surface area contributed by atoms with Crippen LogP contribution in [-0.2, 0) is 0 Å². The molecule has 0 radical (unpaired) electrons. The Morgan fingerprint density at radius 3 is 1.74 bits per heavy atom. The first-order valence-electron chi connectivity index (χ1n) is 8.04. The number of hydrogen-bond acceptors (Lipinski definition) is 0. The molecular formula is C21H24N2. The molecule has 3 aromatic rings. The van der Waals surface area contributed by atoms with E-state index in [2.05, 4.69) is 87.5 Å². The first kappa shape index (κ1) is 15.5. The lowest BCUT2D eigenvalue weighted by molar-refractivity contribution is -0.600. The van der Waals surface area contributed by atoms with Gasteiger partial charge in [0.2, 0.25) is 0 Å². The standard InChI is InChI=1S/C21H24N2/c1-14-9-16(3)20(17(4)10-14)22-7-8-23(13-22)21-18(5)11-15(2)12-19(21)6/h7,9-13H,1-6H3. The van der Waals surface area contributed by atoms with Crippen molar-refractivity contribution in [1.82, 2.24) is 4.57 Å². The van der Waals surface area contributed by atoms with E-state index in [-0.39, 0.29) is 0 Å². The van der Waals surface area contributed by atoms with E-state index in [0.717, 1.165) is 0 Å². The van der Waals surface area contributed by atoms with Gasteiger partial charge in [-0.25, -0.2) is 0 Å². The van der Waals surface area contributed by atoms with E-state index in [1.54, 1.807) is 0 Å². The lowest BCUT2D eigenvalue weighted by Crippen LogP contribution is -2.30. The van der Waals surface area contributed by atoms with Crippen LogP contribution in [0.15, 0.2) is 36.8 Å². The minimum absolute atomic E-state index is 1.22. The second kappa shape index (κ2) is 5.69. The van der Waals surface area contributed by atoms with Crippen molar-refractivity contribution < 1.29 is 4.57 Å². The van der Waals surface area contributed by atoms with Crippen molar-refractivity contribution in [2.24, 2.45) is 0 Å². The van der Waals surface area contributed by atoms with Gasteiger partial charge in [0.25, 0.3) is 0 Å². The van der Waals surface area contributed by atoms with Gasteiger partial charge >= 0.3 is 0 Å². The van der Waals surface area contributed by atoms with Gasteiger partial charge in [-0.1, -0.05) is 46.5 Å². The Kier molecular flexibility index (Phi) is 3.85. The van der Waals surface area contributed by atoms with E-state index in [1.165, 1.54) is 44.8 Å². The summed E-state index contributed by atoms with van der Waals surface area (Å²) >= 11 is 0. The zero-order valence-corrected chi connectivity index (χ0v) is 14.9. The van der Waals surface area contributed by atoms with E-state index in [4.69, 9.17) is 0 Å². The monoisotopic (exact) mass is 304 g/mol. The second-order valence-corrected chi connectivity index (χ2v) is 6.65. The Bertz CT molecular complexity index is 767. The molecule has 0 saturated heterocycles. The Balaban J connectivity index is 2.13. The minimum atomic E-state index is 1.22. The van der Waals surface area contributed by atoms with E-state index >= 15 is 0 Å². The third kappa shape index (κ3) is 2.81. The summed E-state index contributed by atoms with van der Waals surface area (Å²) in [5, 5.41) is 0. The van der Waals surface area contributed by atoms with Gasteiger partial charge in [-0.2, -0.15) is 0 Å². The van der Waals surface area contributed by atoms with E-state index in [1.807, 2.05) is 6.20 Å². The molecule has 23 heavy (non-hydrogen) atoms. The second-order valence-electron chi connectivity index (χ2n) is 6.65. The Morgan fingerprint density at radius 2 is 1.22 bits per heavy atom. The number of hydrogen-bond donors (Lipinski definition) is 0. The normalized spacial score (nSPS) is 11.0. The van der Waals surface area contributed by atoms with E-state index < -0.39 is 0 Å². The van der Waals surface area contributed by atoms with Gasteiger partial charge in [0.15, 0.2) is 0 Å². The van der Waals surface area contributed by atoms with Crippen LogP contribution >= 0.6 is 0 Å². The van der Waals surface area contributed by atoms with Crippen LogP contribution in [0.1, 0.15) is 33.4 Å². The van der Waals surface area contributed by atoms with Crippen molar-refractivity contribution in [2.45, 2.75) is 41.5 Å². The molecule has 1 heterocycles. The maximum Gasteiger partial charge on any atom is 0.147 e. The van der Waals surface area contributed by atoms with E-state index in [0.29, 0.717) is 0 Å². The molecule has 0 fully saturated rings. The van der Waals surface area contributed by atoms with Crippen LogP contribution in [0.4, 0.5) is 0 Å². The fourth-order valence-electron chi connectivity index (χ4n) is 3.69. The number of benzene rings is 2. The predicted molar refractivity (Wildman–Crippen MR) is 94.6 cm³/mol. The van der Waals surface area contributed by atoms with Gasteiger partial charge in [-0.05, 0) is 52.7 Å². The number of aryl methyl sites for hydroxylation is 6. The van der Waals surface area contributed by atoms with Crippen LogP contribution in [0.3, 0.4) is 0 Å². The summed E-state index contributed by atoms with van der Waals surface area (Å²) in [5.74, 6) is 0. The third-order valence-corrected chi connectivity index (χ3v) is 4.35. The van der Waals surface area contributed by atoms with Crippen LogP contribution in [0, 0.1) is 47.7 Å². The fraction of sp³-hybridized carbons (Fsp3) is 0.286. The van der Waals surface area contributed by atoms with Crippen LogP contribution in [-0.4, -0.2) is 4.57 Å². The summed E-state index contributed by atoms with van der Waals surface area (Å²) in [4.78, 5) is 0. The van der Waals surface area contributed by atoms with E-state index in [9.17, 15) is 0 Å². The summed E-state index contributed by atoms with van der Waals surface area (Å²) in [6.07, 6.45) is 7.51. The van der Waals surface area contributed by atoms with Gasteiger partial charge in [0, 0.05) is 5.69 Å². The average molecular weight is 304 g/mol. The SMILES string of the molecule is Cc1cc(C)c(-n2c[c-][n+](-c3c(C)cc(C)cc3C)c2)c(C)c1. The highest BCUT2D eigenvalue weighted by atomic mass is 15.1. The predicted octanol–water partition coefficient (Wildman–Crippen LogP) is 4.40. The Morgan fingerprint density at radius 1 is 0.739 bits per heavy atom. The van der Waals surface area contributed by atoms with Gasteiger partial charge in [-0.15, -0.1) is 0 Å². The van der Waals surface area contributed by atoms with Crippen LogP contribution in [0.25, 0.3) is 11.4 Å². The highest BCUT2D eigenvalue weighted by molar-refractivity contribution is 5.49. The average Bonchev–Trinajstić information content (AvgIpc) is 2.85. The molecule has 0 aliphatic rings. The zero-order chi connectivity index (χ0) is 16.7. The molecule has 2 heteroatoms. The topological polar surface area (TPSA) is 8.81 Å². The fourth-order valence-corrected chi connectivity index (χ4v) is 3.69. The van der Waals surface area contributed by atoms with Crippen molar-refractivity contribution in [3.05, 3.63) is 76.4 Å². The largest absolute Gasteiger partial charge is 0.362 e. The van der Waals surface area contributed by atoms with Crippen molar-refractivity contribution in [1.29, 1.82) is 0 Å². The molecule has 3 rings (SSSR count). The molecule has 0 aliphatic heterocycles. The lowest BCUT2D eigenvalue weighted by Gasteiger charge is -2.14. The summed E-state index contributed by atoms with van der Waals surface area (Å²) in [6.45, 7) is 12.9. The van der Waals surface area contributed by atoms with Crippen molar-refractivity contribution >= 4 is 0 Å². The molecule has 2 nitrogen and oxygen atoms in total. The number of rotatable bonds is 2. The smallest absolute Gasteiger partial charge is 0.147 e. The molecule has 1 aromatic heterocycles. The van der Waals surface area contributed by atoms with Crippen LogP contribution in [0.5, 0.6) is 0 Å². The molecule has 0 N–H and O–H groups in total. The number of aromatic nitrogens is 2. The van der Waals surface area contributed by atoms with Gasteiger partial charge in [0.05, 0.1) is 12.4 Å². The Hall–Kier alpha value is -2.35. The molecular weight excluding hydrogens is 280 g/mol. The first-order valence-corrected chi connectivity index (χ1v) is 8.04. The molecule has 0 atom stereocenters. The van der Waals surface area contributed by atoms with Crippen molar-refractivity contribution in [3.63, 3.8) is 0 Å². The molecule has 0 spiro atoms. The van der Waals surface area contributed by atoms with Gasteiger partial charge in [0.1, 0.15) is 12.0 Å². The molecule has 0 bridgehead atoms. The maximum atomic E-state index is 3.37. The Labute approximate surface area is 139 Å². The third-order valence-electron chi connectivity index (χ3n) is 4.35. The van der Waals surface area contributed by atoms with Crippen LogP contribution < -0.4 is 4.57 Å². The lowest BCUT2D eigenvalue weighted by atomic mass is 10.0. The molecule has 0 saturated carbocycles. The van der Waals surface area contributed by atoms with Crippen molar-refractivity contribution in [2.75, 3.05) is 0 Å². The summed E-state index contributed by atoms with van der Waals surface area (Å²) in [7, 11) is 0. The zero-order valence-electron chi connectivity index (χ0n) is 14.9. The highest BCUT2D eigenvalue weighted by Gasteiger charge is 2.11. The summed E-state index contributed by atoms with van der Waals surface area (Å²) in [6, 6.07) is 8.91. The maximum absolute atomic E-state index is 3.37.